The third-order valence-electron chi connectivity index (χ3n) is 3.28. The van der Waals surface area contributed by atoms with Crippen molar-refractivity contribution in [3.05, 3.63) is 29.8 Å². The average molecular weight is 205 g/mol. The highest BCUT2D eigenvalue weighted by Gasteiger charge is 2.33. The normalized spacial score (nSPS) is 19.9. The van der Waals surface area contributed by atoms with E-state index in [0.29, 0.717) is 0 Å². The molecule has 0 unspecified atom stereocenters. The minimum Gasteiger partial charge on any atom is -0.497 e. The van der Waals surface area contributed by atoms with Crippen LogP contribution < -0.4 is 4.74 Å². The van der Waals surface area contributed by atoms with Gasteiger partial charge >= 0.3 is 0 Å². The van der Waals surface area contributed by atoms with Crippen LogP contribution in [-0.2, 0) is 10.7 Å². The molecule has 1 fully saturated rings. The topological polar surface area (TPSA) is 29.1 Å². The lowest BCUT2D eigenvalue weighted by molar-refractivity contribution is -0.0644. The molecule has 0 atom stereocenters. The van der Waals surface area contributed by atoms with Gasteiger partial charge in [0.2, 0.25) is 0 Å². The number of hydrogen-bond acceptors (Lipinski definition) is 1. The maximum absolute atomic E-state index is 12.5. The van der Waals surface area contributed by atoms with Crippen LogP contribution in [0.3, 0.4) is 0 Å². The first-order chi connectivity index (χ1) is 7.24. The second-order valence-electron chi connectivity index (χ2n) is 4.28. The minimum atomic E-state index is -0.843. The fourth-order valence-corrected chi connectivity index (χ4v) is 2.31. The molecule has 15 heavy (non-hydrogen) atoms. The molecule has 1 aliphatic carbocycles. The van der Waals surface area contributed by atoms with Crippen molar-refractivity contribution < 1.29 is 9.84 Å². The van der Waals surface area contributed by atoms with Crippen molar-refractivity contribution in [1.29, 1.82) is 0 Å². The van der Waals surface area contributed by atoms with Crippen LogP contribution in [0, 0.1) is 0 Å². The molecular weight excluding hydrogens is 188 g/mol. The number of methoxy groups -OCH3 is 1. The zero-order valence-electron chi connectivity index (χ0n) is 9.16. The van der Waals surface area contributed by atoms with Crippen molar-refractivity contribution in [3.63, 3.8) is 0 Å². The second-order valence-corrected chi connectivity index (χ2v) is 4.28. The van der Waals surface area contributed by atoms with Crippen molar-refractivity contribution in [3.8, 4) is 5.75 Å². The first-order valence-electron chi connectivity index (χ1n) is 5.59. The highest BCUT2D eigenvalue weighted by Crippen LogP contribution is 2.37. The van der Waals surface area contributed by atoms with Crippen LogP contribution in [0.5, 0.6) is 5.75 Å². The van der Waals surface area contributed by atoms with E-state index in [1.165, 1.54) is 6.42 Å². The van der Waals surface area contributed by atoms with Crippen LogP contribution >= 0.6 is 0 Å². The molecule has 0 heterocycles. The summed E-state index contributed by atoms with van der Waals surface area (Å²) >= 11 is 0. The van der Waals surface area contributed by atoms with E-state index in [-0.39, 0.29) is 0 Å². The van der Waals surface area contributed by atoms with Crippen LogP contribution in [0.4, 0.5) is 0 Å². The Hall–Kier alpha value is -1.02. The first-order valence-corrected chi connectivity index (χ1v) is 5.59. The van der Waals surface area contributed by atoms with Crippen LogP contribution in [0.15, 0.2) is 24.3 Å². The van der Waals surface area contributed by atoms with E-state index in [0.717, 1.165) is 37.0 Å². The van der Waals surface area contributed by atoms with Gasteiger partial charge < -0.3 is 4.74 Å². The molecule has 2 rings (SSSR count). The highest BCUT2D eigenvalue weighted by atomic mass is 16.5. The second kappa shape index (κ2) is 4.23. The van der Waals surface area contributed by atoms with E-state index >= 15 is 0 Å². The van der Waals surface area contributed by atoms with Gasteiger partial charge in [0.15, 0.2) is 0 Å². The van der Waals surface area contributed by atoms with Gasteiger partial charge in [0.1, 0.15) is 11.4 Å². The summed E-state index contributed by atoms with van der Waals surface area (Å²) in [6, 6.07) is 7.58. The Labute approximate surface area is 90.9 Å². The summed E-state index contributed by atoms with van der Waals surface area (Å²) in [4.78, 5) is 0. The summed E-state index contributed by atoms with van der Waals surface area (Å²) in [5, 5.41) is 12.5. The molecule has 0 amide bonds. The van der Waals surface area contributed by atoms with E-state index in [4.69, 9.17) is 4.74 Å². The molecule has 1 aliphatic rings. The maximum Gasteiger partial charge on any atom is 0.128 e. The Morgan fingerprint density at radius 2 is 1.67 bits per heavy atom. The summed E-state index contributed by atoms with van der Waals surface area (Å²) in [7, 11) is 1.64. The molecule has 0 N–H and O–H groups in total. The van der Waals surface area contributed by atoms with Crippen molar-refractivity contribution in [2.75, 3.05) is 7.11 Å². The molecule has 0 aromatic heterocycles. The third kappa shape index (κ3) is 2.15. The number of benzene rings is 1. The lowest BCUT2D eigenvalue weighted by Crippen LogP contribution is -2.26. The minimum absolute atomic E-state index is 0.777. The van der Waals surface area contributed by atoms with E-state index in [1.54, 1.807) is 7.11 Å². The molecule has 0 spiro atoms. The van der Waals surface area contributed by atoms with Crippen LogP contribution in [0.2, 0.25) is 0 Å². The molecule has 81 valence electrons. The molecule has 0 bridgehead atoms. The average Bonchev–Trinajstić information content (AvgIpc) is 2.30. The Morgan fingerprint density at radius 1 is 1.07 bits per heavy atom. The van der Waals surface area contributed by atoms with E-state index in [9.17, 15) is 5.11 Å². The Morgan fingerprint density at radius 3 is 2.20 bits per heavy atom. The van der Waals surface area contributed by atoms with Crippen LogP contribution in [0.25, 0.3) is 0 Å². The summed E-state index contributed by atoms with van der Waals surface area (Å²) in [6.07, 6.45) is 4.89. The molecule has 1 radical (unpaired) electrons. The van der Waals surface area contributed by atoms with Crippen molar-refractivity contribution in [2.45, 2.75) is 37.7 Å². The van der Waals surface area contributed by atoms with Gasteiger partial charge in [-0.2, -0.15) is 0 Å². The zero-order valence-corrected chi connectivity index (χ0v) is 9.16. The fourth-order valence-electron chi connectivity index (χ4n) is 2.31. The van der Waals surface area contributed by atoms with Gasteiger partial charge in [-0.05, 0) is 30.5 Å². The summed E-state index contributed by atoms with van der Waals surface area (Å²) in [5.41, 5.74) is 0.0767. The Balaban J connectivity index is 2.20. The van der Waals surface area contributed by atoms with Crippen molar-refractivity contribution in [1.82, 2.24) is 0 Å². The number of hydrogen-bond donors (Lipinski definition) is 0. The van der Waals surface area contributed by atoms with Gasteiger partial charge in [0.25, 0.3) is 0 Å². The van der Waals surface area contributed by atoms with Crippen LogP contribution in [-0.4, -0.2) is 7.11 Å². The highest BCUT2D eigenvalue weighted by molar-refractivity contribution is 5.30. The van der Waals surface area contributed by atoms with Gasteiger partial charge in [0.05, 0.1) is 7.11 Å². The van der Waals surface area contributed by atoms with E-state index < -0.39 is 5.60 Å². The maximum atomic E-state index is 12.5. The number of rotatable bonds is 2. The predicted molar refractivity (Wildman–Crippen MR) is 58.4 cm³/mol. The molecule has 2 nitrogen and oxygen atoms in total. The molecule has 0 aliphatic heterocycles. The molecule has 2 heteroatoms. The van der Waals surface area contributed by atoms with Crippen molar-refractivity contribution in [2.24, 2.45) is 0 Å². The Kier molecular flexibility index (Phi) is 2.96. The summed E-state index contributed by atoms with van der Waals surface area (Å²) < 4.78 is 5.09. The Bertz CT molecular complexity index is 310. The van der Waals surface area contributed by atoms with Gasteiger partial charge in [-0.3, -0.25) is 0 Å². The quantitative estimate of drug-likeness (QED) is 0.728. The summed E-state index contributed by atoms with van der Waals surface area (Å²) in [6.45, 7) is 0. The van der Waals surface area contributed by atoms with Gasteiger partial charge in [-0.25, -0.2) is 5.11 Å². The SMILES string of the molecule is COc1ccc(C2([O])CCCCC2)cc1. The smallest absolute Gasteiger partial charge is 0.128 e. The predicted octanol–water partition coefficient (Wildman–Crippen LogP) is 3.29. The zero-order chi connectivity index (χ0) is 10.7. The van der Waals surface area contributed by atoms with Crippen molar-refractivity contribution >= 4 is 0 Å². The fraction of sp³-hybridized carbons (Fsp3) is 0.538. The standard InChI is InChI=1S/C13H17O2/c1-15-12-7-5-11(6-8-12)13(14)9-3-2-4-10-13/h5-8H,2-4,9-10H2,1H3. The lowest BCUT2D eigenvalue weighted by atomic mass is 9.80. The van der Waals surface area contributed by atoms with Crippen LogP contribution in [0.1, 0.15) is 37.7 Å². The molecule has 0 saturated heterocycles. The lowest BCUT2D eigenvalue weighted by Gasteiger charge is -2.30. The largest absolute Gasteiger partial charge is 0.497 e. The first kappa shape index (κ1) is 10.5. The number of ether oxygens (including phenoxy) is 1. The van der Waals surface area contributed by atoms with Gasteiger partial charge in [-0.15, -0.1) is 0 Å². The van der Waals surface area contributed by atoms with E-state index in [2.05, 4.69) is 0 Å². The monoisotopic (exact) mass is 205 g/mol. The van der Waals surface area contributed by atoms with E-state index in [1.807, 2.05) is 24.3 Å². The van der Waals surface area contributed by atoms with Gasteiger partial charge in [-0.1, -0.05) is 31.4 Å². The molecule has 1 saturated carbocycles. The third-order valence-corrected chi connectivity index (χ3v) is 3.28. The van der Waals surface area contributed by atoms with Gasteiger partial charge in [0, 0.05) is 0 Å². The summed E-state index contributed by atoms with van der Waals surface area (Å²) in [5.74, 6) is 0.818. The molecular formula is C13H17O2. The molecule has 1 aromatic rings. The molecule has 1 aromatic carbocycles.